The van der Waals surface area contributed by atoms with Crippen LogP contribution in [-0.2, 0) is 19.1 Å². The lowest BCUT2D eigenvalue weighted by molar-refractivity contribution is -0.135. The van der Waals surface area contributed by atoms with E-state index in [-0.39, 0.29) is 18.3 Å². The van der Waals surface area contributed by atoms with Crippen molar-refractivity contribution in [2.75, 3.05) is 7.11 Å². The first kappa shape index (κ1) is 10.5. The minimum atomic E-state index is -0.466. The number of amides is 1. The van der Waals surface area contributed by atoms with Gasteiger partial charge in [0.15, 0.2) is 0 Å². The molecular weight excluding hydrogens is 212 g/mol. The normalized spacial score (nSPS) is 19.9. The minimum absolute atomic E-state index is 0.00458. The molecule has 0 N–H and O–H groups in total. The standard InChI is InChI=1S/C10H10N2O4/c1-3-5-4-6(13)16-9-7(5)8(14)11-10(12-9)15-2/h3-4H2,1-2H3. The number of carbonyl (C=O) groups excluding carboxylic acids is 2. The molecule has 16 heavy (non-hydrogen) atoms. The maximum atomic E-state index is 11.7. The number of esters is 1. The van der Waals surface area contributed by atoms with E-state index in [0.717, 1.165) is 0 Å². The van der Waals surface area contributed by atoms with Crippen molar-refractivity contribution in [3.05, 3.63) is 11.1 Å². The van der Waals surface area contributed by atoms with E-state index in [1.165, 1.54) is 7.11 Å². The molecule has 0 radical (unpaired) electrons. The molecule has 84 valence electrons. The van der Waals surface area contributed by atoms with Crippen molar-refractivity contribution in [3.8, 4) is 0 Å². The van der Waals surface area contributed by atoms with Gasteiger partial charge in [-0.15, -0.1) is 0 Å². The molecular formula is C10H10N2O4. The summed E-state index contributed by atoms with van der Waals surface area (Å²) in [6.45, 7) is 1.86. The van der Waals surface area contributed by atoms with Gasteiger partial charge < -0.3 is 9.47 Å². The van der Waals surface area contributed by atoms with Gasteiger partial charge in [-0.05, 0) is 12.0 Å². The van der Waals surface area contributed by atoms with E-state index < -0.39 is 11.9 Å². The average Bonchev–Trinajstić information content (AvgIpc) is 2.26. The molecule has 6 nitrogen and oxygen atoms in total. The smallest absolute Gasteiger partial charge is 0.322 e. The molecule has 0 fully saturated rings. The molecule has 2 aliphatic rings. The second kappa shape index (κ2) is 3.88. The Morgan fingerprint density at radius 1 is 1.38 bits per heavy atom. The molecule has 0 atom stereocenters. The lowest BCUT2D eigenvalue weighted by atomic mass is 9.99. The molecule has 1 amide bonds. The van der Waals surface area contributed by atoms with Gasteiger partial charge in [-0.1, -0.05) is 6.92 Å². The molecule has 0 aromatic heterocycles. The molecule has 2 heterocycles. The van der Waals surface area contributed by atoms with Gasteiger partial charge in [0.2, 0.25) is 5.90 Å². The van der Waals surface area contributed by atoms with Crippen LogP contribution in [0.1, 0.15) is 19.8 Å². The Kier molecular flexibility index (Phi) is 2.55. The van der Waals surface area contributed by atoms with Crippen LogP contribution in [0.15, 0.2) is 21.1 Å². The van der Waals surface area contributed by atoms with Crippen molar-refractivity contribution in [1.29, 1.82) is 0 Å². The number of hydrogen-bond acceptors (Lipinski definition) is 5. The van der Waals surface area contributed by atoms with Gasteiger partial charge in [0.25, 0.3) is 5.91 Å². The number of carbonyl (C=O) groups is 2. The molecule has 0 aromatic rings. The van der Waals surface area contributed by atoms with Crippen LogP contribution in [0.3, 0.4) is 0 Å². The third kappa shape index (κ3) is 1.62. The Labute approximate surface area is 91.7 Å². The first-order chi connectivity index (χ1) is 7.65. The van der Waals surface area contributed by atoms with Gasteiger partial charge in [-0.2, -0.15) is 9.98 Å². The summed E-state index contributed by atoms with van der Waals surface area (Å²) >= 11 is 0. The first-order valence-corrected chi connectivity index (χ1v) is 4.84. The zero-order valence-electron chi connectivity index (χ0n) is 8.94. The molecule has 0 spiro atoms. The van der Waals surface area contributed by atoms with Crippen molar-refractivity contribution >= 4 is 23.8 Å². The maximum Gasteiger partial charge on any atom is 0.322 e. The van der Waals surface area contributed by atoms with Gasteiger partial charge >= 0.3 is 12.0 Å². The van der Waals surface area contributed by atoms with Crippen molar-refractivity contribution in [1.82, 2.24) is 0 Å². The van der Waals surface area contributed by atoms with E-state index in [0.29, 0.717) is 17.6 Å². The van der Waals surface area contributed by atoms with Crippen LogP contribution in [0.5, 0.6) is 0 Å². The topological polar surface area (TPSA) is 77.3 Å². The summed E-state index contributed by atoms with van der Waals surface area (Å²) in [5.41, 5.74) is 1.00. The van der Waals surface area contributed by atoms with Gasteiger partial charge in [-0.25, -0.2) is 0 Å². The fourth-order valence-electron chi connectivity index (χ4n) is 1.58. The van der Waals surface area contributed by atoms with E-state index >= 15 is 0 Å². The number of ether oxygens (including phenoxy) is 2. The largest absolute Gasteiger partial charge is 0.467 e. The van der Waals surface area contributed by atoms with Gasteiger partial charge in [0.1, 0.15) is 5.57 Å². The summed E-state index contributed by atoms with van der Waals surface area (Å²) in [7, 11) is 1.34. The molecule has 0 saturated carbocycles. The van der Waals surface area contributed by atoms with E-state index in [2.05, 4.69) is 9.98 Å². The maximum absolute atomic E-state index is 11.7. The van der Waals surface area contributed by atoms with Crippen molar-refractivity contribution < 1.29 is 19.1 Å². The van der Waals surface area contributed by atoms with Gasteiger partial charge in [-0.3, -0.25) is 9.59 Å². The lowest BCUT2D eigenvalue weighted by Crippen LogP contribution is -2.30. The monoisotopic (exact) mass is 222 g/mol. The Balaban J connectivity index is 2.51. The quantitative estimate of drug-likeness (QED) is 0.608. The minimum Gasteiger partial charge on any atom is -0.467 e. The SMILES string of the molecule is CCC1=C2C(=O)N=C(OC)N=C2OC(=O)C1. The van der Waals surface area contributed by atoms with Crippen LogP contribution < -0.4 is 0 Å². The summed E-state index contributed by atoms with van der Waals surface area (Å²) < 4.78 is 9.64. The molecule has 0 aromatic carbocycles. The highest BCUT2D eigenvalue weighted by Gasteiger charge is 2.33. The summed E-state index contributed by atoms with van der Waals surface area (Å²) in [4.78, 5) is 30.4. The van der Waals surface area contributed by atoms with Crippen molar-refractivity contribution in [2.45, 2.75) is 19.8 Å². The number of methoxy groups -OCH3 is 1. The fraction of sp³-hybridized carbons (Fsp3) is 0.400. The molecule has 2 rings (SSSR count). The highest BCUT2D eigenvalue weighted by Crippen LogP contribution is 2.24. The van der Waals surface area contributed by atoms with E-state index in [4.69, 9.17) is 9.47 Å². The number of amidine groups is 1. The predicted octanol–water partition coefficient (Wildman–Crippen LogP) is 0.581. The molecule has 0 bridgehead atoms. The molecule has 2 aliphatic heterocycles. The number of nitrogens with zero attached hydrogens (tertiary/aromatic N) is 2. The van der Waals surface area contributed by atoms with E-state index in [1.807, 2.05) is 6.92 Å². The number of fused-ring (bicyclic) bond motifs is 1. The first-order valence-electron chi connectivity index (χ1n) is 4.84. The van der Waals surface area contributed by atoms with E-state index in [1.54, 1.807) is 0 Å². The Bertz CT molecular complexity index is 459. The number of rotatable bonds is 1. The van der Waals surface area contributed by atoms with Crippen LogP contribution in [-0.4, -0.2) is 30.9 Å². The fourth-order valence-corrected chi connectivity index (χ4v) is 1.58. The Hall–Kier alpha value is -1.98. The van der Waals surface area contributed by atoms with Crippen LogP contribution in [0.25, 0.3) is 0 Å². The zero-order valence-corrected chi connectivity index (χ0v) is 8.94. The average molecular weight is 222 g/mol. The summed E-state index contributed by atoms with van der Waals surface area (Å²) in [5, 5.41) is 0. The van der Waals surface area contributed by atoms with Crippen LogP contribution in [0.4, 0.5) is 0 Å². The summed E-state index contributed by atoms with van der Waals surface area (Å²) in [6, 6.07) is -0.0890. The number of aliphatic imine (C=N–C) groups is 2. The predicted molar refractivity (Wildman–Crippen MR) is 54.9 cm³/mol. The third-order valence-electron chi connectivity index (χ3n) is 2.35. The number of hydrogen-bond donors (Lipinski definition) is 0. The van der Waals surface area contributed by atoms with E-state index in [9.17, 15) is 9.59 Å². The second-order valence-electron chi connectivity index (χ2n) is 3.30. The summed E-state index contributed by atoms with van der Waals surface area (Å²) in [6.07, 6.45) is 0.710. The van der Waals surface area contributed by atoms with Crippen LogP contribution in [0, 0.1) is 0 Å². The lowest BCUT2D eigenvalue weighted by Gasteiger charge is -2.20. The molecule has 0 saturated heterocycles. The highest BCUT2D eigenvalue weighted by molar-refractivity contribution is 6.28. The van der Waals surface area contributed by atoms with Gasteiger partial charge in [0, 0.05) is 0 Å². The molecule has 0 unspecified atom stereocenters. The Morgan fingerprint density at radius 2 is 2.12 bits per heavy atom. The van der Waals surface area contributed by atoms with Crippen molar-refractivity contribution in [3.63, 3.8) is 0 Å². The van der Waals surface area contributed by atoms with Crippen LogP contribution in [0.2, 0.25) is 0 Å². The second-order valence-corrected chi connectivity index (χ2v) is 3.30. The Morgan fingerprint density at radius 3 is 2.75 bits per heavy atom. The molecule has 6 heteroatoms. The van der Waals surface area contributed by atoms with Crippen LogP contribution >= 0.6 is 0 Å². The highest BCUT2D eigenvalue weighted by atomic mass is 16.5. The summed E-state index contributed by atoms with van der Waals surface area (Å²) in [5.74, 6) is -0.874. The van der Waals surface area contributed by atoms with Gasteiger partial charge in [0.05, 0.1) is 13.5 Å². The third-order valence-corrected chi connectivity index (χ3v) is 2.35. The zero-order chi connectivity index (χ0) is 11.7. The molecule has 0 aliphatic carbocycles. The van der Waals surface area contributed by atoms with Crippen molar-refractivity contribution in [2.24, 2.45) is 9.98 Å².